The maximum Gasteiger partial charge on any atom is 0.220 e. The van der Waals surface area contributed by atoms with Gasteiger partial charge in [0.1, 0.15) is 0 Å². The van der Waals surface area contributed by atoms with Crippen LogP contribution in [0.25, 0.3) is 0 Å². The number of aliphatic imine (C=N–C) groups is 1. The molecular weight excluding hydrogens is 453 g/mol. The number of rotatable bonds is 6. The second-order valence-electron chi connectivity index (χ2n) is 8.16. The minimum atomic E-state index is 0. The highest BCUT2D eigenvalue weighted by atomic mass is 127. The van der Waals surface area contributed by atoms with Crippen molar-refractivity contribution in [2.75, 3.05) is 47.8 Å². The van der Waals surface area contributed by atoms with Crippen LogP contribution in [0.4, 0.5) is 0 Å². The maximum absolute atomic E-state index is 11.6. The number of nitrogens with zero attached hydrogens (tertiary/aromatic N) is 3. The molecule has 0 aromatic carbocycles. The molecule has 1 unspecified atom stereocenters. The lowest BCUT2D eigenvalue weighted by molar-refractivity contribution is -0.121. The summed E-state index contributed by atoms with van der Waals surface area (Å²) < 4.78 is 0. The highest BCUT2D eigenvalue weighted by Crippen LogP contribution is 2.28. The molecule has 7 heteroatoms. The number of likely N-dealkylation sites (N-methyl/N-ethyl adjacent to an activating group) is 1. The van der Waals surface area contributed by atoms with Gasteiger partial charge in [-0.1, -0.05) is 19.3 Å². The summed E-state index contributed by atoms with van der Waals surface area (Å²) in [6.45, 7) is 2.93. The fraction of sp³-hybridized carbons (Fsp3) is 0.900. The van der Waals surface area contributed by atoms with Crippen molar-refractivity contribution >= 4 is 35.8 Å². The number of guanidine groups is 1. The first kappa shape index (κ1) is 24.5. The van der Waals surface area contributed by atoms with Crippen molar-refractivity contribution < 1.29 is 4.79 Å². The molecule has 0 spiro atoms. The van der Waals surface area contributed by atoms with E-state index in [9.17, 15) is 4.79 Å². The van der Waals surface area contributed by atoms with Crippen LogP contribution >= 0.6 is 24.0 Å². The van der Waals surface area contributed by atoms with Crippen LogP contribution in [0, 0.1) is 11.8 Å². The molecule has 2 rings (SSSR count). The molecule has 1 heterocycles. The molecule has 1 saturated carbocycles. The van der Waals surface area contributed by atoms with Crippen LogP contribution in [-0.2, 0) is 4.79 Å². The fourth-order valence-electron chi connectivity index (χ4n) is 4.53. The van der Waals surface area contributed by atoms with Crippen LogP contribution < -0.4 is 10.6 Å². The summed E-state index contributed by atoms with van der Waals surface area (Å²) in [5.74, 6) is 2.47. The third-order valence-electron chi connectivity index (χ3n) is 6.21. The van der Waals surface area contributed by atoms with Crippen molar-refractivity contribution in [1.82, 2.24) is 20.4 Å². The first-order chi connectivity index (χ1) is 12.5. The molecule has 27 heavy (non-hydrogen) atoms. The van der Waals surface area contributed by atoms with Gasteiger partial charge in [-0.3, -0.25) is 9.79 Å². The fourth-order valence-corrected chi connectivity index (χ4v) is 4.53. The number of piperidine rings is 1. The van der Waals surface area contributed by atoms with Crippen LogP contribution in [0.5, 0.6) is 0 Å². The minimum Gasteiger partial charge on any atom is -0.359 e. The zero-order valence-corrected chi connectivity index (χ0v) is 20.0. The third-order valence-corrected chi connectivity index (χ3v) is 6.21. The van der Waals surface area contributed by atoms with Crippen molar-refractivity contribution in [3.63, 3.8) is 0 Å². The van der Waals surface area contributed by atoms with Gasteiger partial charge in [0.25, 0.3) is 0 Å². The average Bonchev–Trinajstić information content (AvgIpc) is 2.66. The number of nitrogens with one attached hydrogen (secondary N) is 2. The van der Waals surface area contributed by atoms with Crippen LogP contribution in [0.2, 0.25) is 0 Å². The molecule has 0 radical (unpaired) electrons. The molecule has 2 aliphatic rings. The van der Waals surface area contributed by atoms with E-state index >= 15 is 0 Å². The first-order valence-electron chi connectivity index (χ1n) is 10.4. The van der Waals surface area contributed by atoms with Gasteiger partial charge in [-0.2, -0.15) is 0 Å². The molecule has 1 saturated heterocycles. The van der Waals surface area contributed by atoms with E-state index in [1.807, 2.05) is 7.05 Å². The molecule has 2 fully saturated rings. The second kappa shape index (κ2) is 12.8. The molecule has 0 aromatic rings. The minimum absolute atomic E-state index is 0. The van der Waals surface area contributed by atoms with Crippen molar-refractivity contribution in [1.29, 1.82) is 0 Å². The SMILES string of the molecule is CN=C(NCC(C1CCCCC1)N(C)C)N1CCC(CC(=O)NC)CC1.I. The molecule has 158 valence electrons. The van der Waals surface area contributed by atoms with Gasteiger partial charge < -0.3 is 20.4 Å². The normalized spacial score (nSPS) is 20.9. The number of likely N-dealkylation sites (tertiary alicyclic amines) is 1. The van der Waals surface area contributed by atoms with E-state index in [2.05, 4.69) is 39.5 Å². The van der Waals surface area contributed by atoms with Gasteiger partial charge in [-0.15, -0.1) is 24.0 Å². The van der Waals surface area contributed by atoms with Crippen LogP contribution in [0.15, 0.2) is 4.99 Å². The standard InChI is InChI=1S/C20H39N5O.HI/c1-21-19(26)14-16-10-12-25(13-11-16)20(22-2)23-15-18(24(3)4)17-8-6-5-7-9-17;/h16-18H,5-15H2,1-4H3,(H,21,26)(H,22,23);1H. The van der Waals surface area contributed by atoms with Gasteiger partial charge in [0.15, 0.2) is 5.96 Å². The van der Waals surface area contributed by atoms with Crippen LogP contribution in [-0.4, -0.2) is 75.5 Å². The summed E-state index contributed by atoms with van der Waals surface area (Å²) in [7, 11) is 8.00. The Balaban J connectivity index is 0.00000364. The summed E-state index contributed by atoms with van der Waals surface area (Å²) >= 11 is 0. The Morgan fingerprint density at radius 1 is 1.15 bits per heavy atom. The van der Waals surface area contributed by atoms with E-state index < -0.39 is 0 Å². The second-order valence-corrected chi connectivity index (χ2v) is 8.16. The Kier molecular flexibility index (Phi) is 11.6. The van der Waals surface area contributed by atoms with Crippen molar-refractivity contribution in [2.24, 2.45) is 16.8 Å². The van der Waals surface area contributed by atoms with Crippen molar-refractivity contribution in [3.8, 4) is 0 Å². The Bertz CT molecular complexity index is 457. The largest absolute Gasteiger partial charge is 0.359 e. The lowest BCUT2D eigenvalue weighted by Crippen LogP contribution is -2.51. The summed E-state index contributed by atoms with van der Waals surface area (Å²) in [6, 6.07) is 0.567. The van der Waals surface area contributed by atoms with Crippen molar-refractivity contribution in [2.45, 2.75) is 57.4 Å². The zero-order valence-electron chi connectivity index (χ0n) is 17.7. The van der Waals surface area contributed by atoms with E-state index in [1.54, 1.807) is 7.05 Å². The number of hydrogen-bond acceptors (Lipinski definition) is 3. The number of carbonyl (C=O) groups excluding carboxylic acids is 1. The topological polar surface area (TPSA) is 60.0 Å². The Morgan fingerprint density at radius 3 is 2.30 bits per heavy atom. The summed E-state index contributed by atoms with van der Waals surface area (Å²) in [5, 5.41) is 6.38. The van der Waals surface area contributed by atoms with Gasteiger partial charge in [0.2, 0.25) is 5.91 Å². The summed E-state index contributed by atoms with van der Waals surface area (Å²) in [6.07, 6.45) is 9.65. The number of carbonyl (C=O) groups is 1. The molecular formula is C20H40IN5O. The van der Waals surface area contributed by atoms with E-state index in [1.165, 1.54) is 32.1 Å². The molecule has 0 bridgehead atoms. The van der Waals surface area contributed by atoms with Crippen LogP contribution in [0.1, 0.15) is 51.4 Å². The van der Waals surface area contributed by atoms with Gasteiger partial charge in [-0.05, 0) is 51.6 Å². The monoisotopic (exact) mass is 493 g/mol. The van der Waals surface area contributed by atoms with Gasteiger partial charge >= 0.3 is 0 Å². The van der Waals surface area contributed by atoms with E-state index in [0.29, 0.717) is 18.4 Å². The molecule has 6 nitrogen and oxygen atoms in total. The Morgan fingerprint density at radius 2 is 1.78 bits per heavy atom. The molecule has 1 atom stereocenters. The van der Waals surface area contributed by atoms with Crippen molar-refractivity contribution in [3.05, 3.63) is 0 Å². The number of amides is 1. The van der Waals surface area contributed by atoms with Gasteiger partial charge in [0.05, 0.1) is 0 Å². The maximum atomic E-state index is 11.6. The number of halogens is 1. The predicted octanol–water partition coefficient (Wildman–Crippen LogP) is 2.54. The zero-order chi connectivity index (χ0) is 18.9. The smallest absolute Gasteiger partial charge is 0.220 e. The lowest BCUT2D eigenvalue weighted by atomic mass is 9.83. The van der Waals surface area contributed by atoms with Crippen LogP contribution in [0.3, 0.4) is 0 Å². The van der Waals surface area contributed by atoms with E-state index in [4.69, 9.17) is 0 Å². The molecule has 1 aliphatic carbocycles. The summed E-state index contributed by atoms with van der Waals surface area (Å²) in [4.78, 5) is 20.8. The Labute approximate surface area is 182 Å². The Hall–Kier alpha value is -0.570. The van der Waals surface area contributed by atoms with E-state index in [0.717, 1.165) is 44.4 Å². The van der Waals surface area contributed by atoms with Gasteiger partial charge in [-0.25, -0.2) is 0 Å². The highest BCUT2D eigenvalue weighted by molar-refractivity contribution is 14.0. The van der Waals surface area contributed by atoms with E-state index in [-0.39, 0.29) is 29.9 Å². The highest BCUT2D eigenvalue weighted by Gasteiger charge is 2.27. The summed E-state index contributed by atoms with van der Waals surface area (Å²) in [5.41, 5.74) is 0. The quantitative estimate of drug-likeness (QED) is 0.339. The first-order valence-corrected chi connectivity index (χ1v) is 10.4. The lowest BCUT2D eigenvalue weighted by Gasteiger charge is -2.37. The molecule has 1 amide bonds. The van der Waals surface area contributed by atoms with Gasteiger partial charge in [0, 0.05) is 46.2 Å². The third kappa shape index (κ3) is 7.75. The predicted molar refractivity (Wildman–Crippen MR) is 124 cm³/mol. The molecule has 2 N–H and O–H groups in total. The average molecular weight is 493 g/mol. The molecule has 0 aromatic heterocycles. The molecule has 1 aliphatic heterocycles. The number of hydrogen-bond donors (Lipinski definition) is 2.